The van der Waals surface area contributed by atoms with E-state index in [9.17, 15) is 5.11 Å². The second-order valence-electron chi connectivity index (χ2n) is 14.8. The summed E-state index contributed by atoms with van der Waals surface area (Å²) in [5.41, 5.74) is 1.23. The summed E-state index contributed by atoms with van der Waals surface area (Å²) in [5.74, 6) is 7.82. The highest BCUT2D eigenvalue weighted by Crippen LogP contribution is 2.42. The molecule has 0 aliphatic heterocycles. The highest BCUT2D eigenvalue weighted by atomic mass is 32.2. The van der Waals surface area contributed by atoms with E-state index in [2.05, 4.69) is 78.9 Å². The van der Waals surface area contributed by atoms with Crippen LogP contribution in [0.25, 0.3) is 0 Å². The molecule has 9 heteroatoms. The van der Waals surface area contributed by atoms with Crippen molar-refractivity contribution in [3.63, 3.8) is 0 Å². The number of ether oxygens (including phenoxy) is 1. The molecule has 0 radical (unpaired) electrons. The quantitative estimate of drug-likeness (QED) is 0.0750. The zero-order valence-electron chi connectivity index (χ0n) is 31.6. The van der Waals surface area contributed by atoms with Crippen LogP contribution in [0.2, 0.25) is 0 Å². The highest BCUT2D eigenvalue weighted by Gasteiger charge is 2.27. The Morgan fingerprint density at radius 3 is 1.35 bits per heavy atom. The number of phenolic OH excluding ortho intramolecular Hbond substituents is 1. The number of aromatic hydroxyl groups is 1. The molecule has 0 atom stereocenters. The predicted octanol–water partition coefficient (Wildman–Crippen LogP) is 13.1. The van der Waals surface area contributed by atoms with Crippen molar-refractivity contribution in [1.29, 1.82) is 0 Å². The average molecular weight is 738 g/mol. The van der Waals surface area contributed by atoms with E-state index in [1.54, 1.807) is 23.5 Å². The second kappa shape index (κ2) is 24.4. The van der Waals surface area contributed by atoms with Gasteiger partial charge in [-0.1, -0.05) is 143 Å². The fourth-order valence-corrected chi connectivity index (χ4v) is 9.11. The highest BCUT2D eigenvalue weighted by molar-refractivity contribution is 8.00. The monoisotopic (exact) mass is 737 g/mol. The van der Waals surface area contributed by atoms with Gasteiger partial charge in [0.1, 0.15) is 11.5 Å². The summed E-state index contributed by atoms with van der Waals surface area (Å²) in [6, 6.07) is 4.21. The molecule has 0 saturated carbocycles. The third kappa shape index (κ3) is 18.5. The Labute approximate surface area is 311 Å². The molecule has 1 aromatic carbocycles. The zero-order chi connectivity index (χ0) is 35.3. The first-order chi connectivity index (χ1) is 23.0. The van der Waals surface area contributed by atoms with Gasteiger partial charge in [0.05, 0.1) is 0 Å². The molecule has 274 valence electrons. The van der Waals surface area contributed by atoms with Gasteiger partial charge in [-0.3, -0.25) is 0 Å². The molecule has 0 fully saturated rings. The molecule has 0 aliphatic rings. The van der Waals surface area contributed by atoms with Crippen molar-refractivity contribution in [1.82, 2.24) is 15.0 Å². The summed E-state index contributed by atoms with van der Waals surface area (Å²) in [7, 11) is 0. The van der Waals surface area contributed by atoms with E-state index in [1.807, 2.05) is 12.1 Å². The number of benzene rings is 1. The molecule has 0 aliphatic carbocycles. The van der Waals surface area contributed by atoms with Gasteiger partial charge in [0.2, 0.25) is 0 Å². The van der Waals surface area contributed by atoms with Crippen LogP contribution < -0.4 is 4.74 Å². The summed E-state index contributed by atoms with van der Waals surface area (Å²) in [5, 5.41) is 12.7. The molecule has 0 bridgehead atoms. The molecule has 0 amide bonds. The van der Waals surface area contributed by atoms with Crippen LogP contribution in [0, 0.1) is 0 Å². The lowest BCUT2D eigenvalue weighted by Gasteiger charge is -2.27. The molecule has 48 heavy (non-hydrogen) atoms. The van der Waals surface area contributed by atoms with Crippen LogP contribution in [0.1, 0.15) is 156 Å². The summed E-state index contributed by atoms with van der Waals surface area (Å²) in [6.07, 6.45) is 18.6. The minimum atomic E-state index is -0.245. The van der Waals surface area contributed by atoms with E-state index in [-0.39, 0.29) is 10.8 Å². The average Bonchev–Trinajstić information content (AvgIpc) is 3.02. The lowest BCUT2D eigenvalue weighted by atomic mass is 9.79. The van der Waals surface area contributed by atoms with Gasteiger partial charge in [-0.2, -0.15) is 38.5 Å². The van der Waals surface area contributed by atoms with Gasteiger partial charge in [-0.05, 0) is 71.7 Å². The third-order valence-corrected chi connectivity index (χ3v) is 12.3. The van der Waals surface area contributed by atoms with Crippen molar-refractivity contribution in [2.24, 2.45) is 0 Å². The van der Waals surface area contributed by atoms with Gasteiger partial charge >= 0.3 is 6.01 Å². The van der Waals surface area contributed by atoms with Crippen molar-refractivity contribution in [2.45, 2.75) is 166 Å². The Morgan fingerprint density at radius 1 is 0.542 bits per heavy atom. The minimum absolute atomic E-state index is 0.245. The lowest BCUT2D eigenvalue weighted by molar-refractivity contribution is 0.401. The molecule has 1 N–H and O–H groups in total. The molecule has 0 saturated heterocycles. The maximum absolute atomic E-state index is 11.2. The zero-order valence-corrected chi connectivity index (χ0v) is 34.9. The Balaban J connectivity index is 2.02. The molecule has 2 rings (SSSR count). The van der Waals surface area contributed by atoms with Gasteiger partial charge < -0.3 is 9.84 Å². The number of nitrogens with zero attached hydrogens (tertiary/aromatic N) is 3. The molecule has 2 aromatic rings. The fourth-order valence-electron chi connectivity index (χ4n) is 5.23. The van der Waals surface area contributed by atoms with Gasteiger partial charge in [-0.15, -0.1) is 0 Å². The van der Waals surface area contributed by atoms with Crippen molar-refractivity contribution >= 4 is 47.0 Å². The van der Waals surface area contributed by atoms with Gasteiger partial charge in [0, 0.05) is 22.6 Å². The summed E-state index contributed by atoms with van der Waals surface area (Å²) in [6.45, 7) is 17.2. The topological polar surface area (TPSA) is 68.1 Å². The van der Waals surface area contributed by atoms with Gasteiger partial charge in [0.25, 0.3) is 0 Å². The van der Waals surface area contributed by atoms with E-state index in [0.29, 0.717) is 17.5 Å². The standard InChI is InChI=1S/C39H67N3O2S4/c1-9-11-13-15-17-19-23-45-25-21-27-47-36-40-35(41-37(42-36)48-28-22-26-46-24-20-18-16-14-12-10-2)44-31-29-32(38(3,4)5)34(43)33(30-31)39(6,7)8/h29-30,43H,9-28H2,1-8H3. The van der Waals surface area contributed by atoms with E-state index >= 15 is 0 Å². The van der Waals surface area contributed by atoms with Gasteiger partial charge in [0.15, 0.2) is 10.3 Å². The summed E-state index contributed by atoms with van der Waals surface area (Å²) in [4.78, 5) is 14.3. The van der Waals surface area contributed by atoms with Crippen molar-refractivity contribution < 1.29 is 9.84 Å². The van der Waals surface area contributed by atoms with Crippen LogP contribution >= 0.6 is 47.0 Å². The Kier molecular flexibility index (Phi) is 22.1. The molecule has 0 unspecified atom stereocenters. The van der Waals surface area contributed by atoms with Crippen molar-refractivity contribution in [2.75, 3.05) is 34.5 Å². The van der Waals surface area contributed by atoms with Crippen LogP contribution in [-0.2, 0) is 10.8 Å². The van der Waals surface area contributed by atoms with Crippen LogP contribution in [-0.4, -0.2) is 54.6 Å². The first-order valence-corrected chi connectivity index (χ1v) is 23.0. The molecule has 5 nitrogen and oxygen atoms in total. The molecular formula is C39H67N3O2S4. The predicted molar refractivity (Wildman–Crippen MR) is 217 cm³/mol. The maximum Gasteiger partial charge on any atom is 0.327 e. The molecule has 0 spiro atoms. The van der Waals surface area contributed by atoms with Crippen molar-refractivity contribution in [3.8, 4) is 17.5 Å². The van der Waals surface area contributed by atoms with E-state index in [1.165, 1.54) is 100 Å². The second-order valence-corrected chi connectivity index (χ2v) is 19.4. The normalized spacial score (nSPS) is 12.2. The largest absolute Gasteiger partial charge is 0.507 e. The Hall–Kier alpha value is -0.770. The minimum Gasteiger partial charge on any atom is -0.507 e. The molecule has 1 heterocycles. The Bertz CT molecular complexity index is 1070. The van der Waals surface area contributed by atoms with Crippen LogP contribution in [0.3, 0.4) is 0 Å². The number of hydrogen-bond donors (Lipinski definition) is 1. The fraction of sp³-hybridized carbons (Fsp3) is 0.769. The number of rotatable bonds is 26. The number of unbranched alkanes of at least 4 members (excludes halogenated alkanes) is 10. The first-order valence-electron chi connectivity index (χ1n) is 18.7. The van der Waals surface area contributed by atoms with E-state index in [4.69, 9.17) is 19.7 Å². The molecular weight excluding hydrogens is 671 g/mol. The number of phenols is 1. The van der Waals surface area contributed by atoms with Crippen LogP contribution in [0.15, 0.2) is 22.4 Å². The summed E-state index contributed by atoms with van der Waals surface area (Å²) < 4.78 is 6.39. The SMILES string of the molecule is CCCCCCCCSCCCSc1nc(Oc2cc(C(C)(C)C)c(O)c(C(C)(C)C)c2)nc(SCCCSCCCCCCCC)n1. The summed E-state index contributed by atoms with van der Waals surface area (Å²) >= 11 is 7.55. The number of aromatic nitrogens is 3. The number of hydrogen-bond acceptors (Lipinski definition) is 9. The first kappa shape index (κ1) is 43.4. The van der Waals surface area contributed by atoms with Crippen LogP contribution in [0.4, 0.5) is 0 Å². The third-order valence-electron chi connectivity index (χ3n) is 8.10. The maximum atomic E-state index is 11.2. The van der Waals surface area contributed by atoms with Crippen LogP contribution in [0.5, 0.6) is 17.5 Å². The number of thioether (sulfide) groups is 4. The van der Waals surface area contributed by atoms with E-state index < -0.39 is 0 Å². The molecule has 1 aromatic heterocycles. The Morgan fingerprint density at radius 2 is 0.938 bits per heavy atom. The van der Waals surface area contributed by atoms with E-state index in [0.717, 1.165) is 45.8 Å². The van der Waals surface area contributed by atoms with Gasteiger partial charge in [-0.25, -0.2) is 0 Å². The lowest BCUT2D eigenvalue weighted by Crippen LogP contribution is -2.17. The smallest absolute Gasteiger partial charge is 0.327 e. The van der Waals surface area contributed by atoms with Crippen molar-refractivity contribution in [3.05, 3.63) is 23.3 Å².